The molecule has 1 rings (SSSR count). The molecule has 0 radical (unpaired) electrons. The summed E-state index contributed by atoms with van der Waals surface area (Å²) in [6.07, 6.45) is 6.36. The molecular formula is C7H8BrN5. The molecule has 0 aliphatic heterocycles. The molecule has 0 spiro atoms. The predicted molar refractivity (Wildman–Crippen MR) is 53.5 cm³/mol. The lowest BCUT2D eigenvalue weighted by Gasteiger charge is -1.96. The maximum atomic E-state index is 5.38. The standard InChI is InChI=1S/C7H8BrN5/c1-6(8)2-3-7(4-9)13-5-10-11-12-13/h2-5H,1,9H2/b3-2-,7-4+. The molecule has 6 heteroatoms. The van der Waals surface area contributed by atoms with E-state index in [4.69, 9.17) is 5.73 Å². The second-order valence-electron chi connectivity index (χ2n) is 2.13. The summed E-state index contributed by atoms with van der Waals surface area (Å²) in [7, 11) is 0. The van der Waals surface area contributed by atoms with Crippen LogP contribution in [0, 0.1) is 0 Å². The van der Waals surface area contributed by atoms with E-state index >= 15 is 0 Å². The van der Waals surface area contributed by atoms with Crippen molar-refractivity contribution < 1.29 is 0 Å². The minimum atomic E-state index is 0.672. The van der Waals surface area contributed by atoms with Gasteiger partial charge in [-0.05, 0) is 22.6 Å². The summed E-state index contributed by atoms with van der Waals surface area (Å²) in [5.74, 6) is 0. The quantitative estimate of drug-likeness (QED) is 0.799. The van der Waals surface area contributed by atoms with Gasteiger partial charge in [0.1, 0.15) is 6.33 Å². The SMILES string of the molecule is C=C(Br)/C=C\C(=C/N)n1cnnn1. The molecule has 1 aromatic heterocycles. The highest BCUT2D eigenvalue weighted by atomic mass is 79.9. The first kappa shape index (κ1) is 9.66. The molecule has 0 amide bonds. The first-order valence-electron chi connectivity index (χ1n) is 3.42. The van der Waals surface area contributed by atoms with Crippen LogP contribution in [0.5, 0.6) is 0 Å². The Balaban J connectivity index is 2.83. The molecule has 0 saturated heterocycles. The summed E-state index contributed by atoms with van der Waals surface area (Å²) in [5.41, 5.74) is 6.05. The Labute approximate surface area is 83.7 Å². The van der Waals surface area contributed by atoms with Crippen molar-refractivity contribution in [2.75, 3.05) is 0 Å². The minimum absolute atomic E-state index is 0.672. The number of nitrogens with two attached hydrogens (primary N) is 1. The molecule has 2 N–H and O–H groups in total. The zero-order valence-corrected chi connectivity index (χ0v) is 8.35. The average Bonchev–Trinajstić information content (AvgIpc) is 2.58. The molecule has 1 heterocycles. The normalized spacial score (nSPS) is 12.2. The second-order valence-corrected chi connectivity index (χ2v) is 3.14. The number of allylic oxidation sites excluding steroid dienone is 4. The lowest BCUT2D eigenvalue weighted by molar-refractivity contribution is 0.805. The Bertz CT molecular complexity index is 338. The van der Waals surface area contributed by atoms with Gasteiger partial charge in [0.25, 0.3) is 0 Å². The van der Waals surface area contributed by atoms with E-state index in [2.05, 4.69) is 38.0 Å². The molecule has 0 saturated carbocycles. The van der Waals surface area contributed by atoms with Crippen molar-refractivity contribution in [2.45, 2.75) is 0 Å². The highest BCUT2D eigenvalue weighted by Crippen LogP contribution is 2.07. The van der Waals surface area contributed by atoms with E-state index in [1.165, 1.54) is 17.2 Å². The van der Waals surface area contributed by atoms with E-state index in [1.807, 2.05) is 0 Å². The van der Waals surface area contributed by atoms with Crippen LogP contribution in [0.4, 0.5) is 0 Å². The van der Waals surface area contributed by atoms with Crippen LogP contribution in [0.1, 0.15) is 0 Å². The number of nitrogens with zero attached hydrogens (tertiary/aromatic N) is 4. The Hall–Kier alpha value is -1.43. The summed E-state index contributed by atoms with van der Waals surface area (Å²) in [5, 5.41) is 10.6. The first-order valence-corrected chi connectivity index (χ1v) is 4.21. The highest BCUT2D eigenvalue weighted by Gasteiger charge is 1.95. The fourth-order valence-corrected chi connectivity index (χ4v) is 0.796. The van der Waals surface area contributed by atoms with Crippen molar-refractivity contribution in [3.8, 4) is 0 Å². The molecule has 0 bridgehead atoms. The fraction of sp³-hybridized carbons (Fsp3) is 0. The van der Waals surface area contributed by atoms with Crippen molar-refractivity contribution >= 4 is 21.6 Å². The van der Waals surface area contributed by atoms with Gasteiger partial charge < -0.3 is 5.73 Å². The van der Waals surface area contributed by atoms with E-state index in [1.54, 1.807) is 12.2 Å². The van der Waals surface area contributed by atoms with Gasteiger partial charge in [0.15, 0.2) is 0 Å². The van der Waals surface area contributed by atoms with E-state index < -0.39 is 0 Å². The number of tetrazole rings is 1. The van der Waals surface area contributed by atoms with Crippen molar-refractivity contribution in [1.82, 2.24) is 20.2 Å². The zero-order valence-electron chi connectivity index (χ0n) is 6.76. The molecule has 0 unspecified atom stereocenters. The summed E-state index contributed by atoms with van der Waals surface area (Å²) >= 11 is 3.19. The summed E-state index contributed by atoms with van der Waals surface area (Å²) in [4.78, 5) is 0. The fourth-order valence-electron chi connectivity index (χ4n) is 0.664. The maximum Gasteiger partial charge on any atom is 0.143 e. The van der Waals surface area contributed by atoms with Gasteiger partial charge in [-0.1, -0.05) is 22.5 Å². The molecule has 0 aliphatic carbocycles. The molecule has 13 heavy (non-hydrogen) atoms. The summed E-state index contributed by atoms with van der Waals surface area (Å²) in [6.45, 7) is 3.64. The van der Waals surface area contributed by atoms with Gasteiger partial charge in [0.05, 0.1) is 5.70 Å². The van der Waals surface area contributed by atoms with Crippen LogP contribution < -0.4 is 5.73 Å². The largest absolute Gasteiger partial charge is 0.403 e. The van der Waals surface area contributed by atoms with Crippen LogP contribution in [-0.4, -0.2) is 20.2 Å². The lowest BCUT2D eigenvalue weighted by atomic mass is 10.4. The van der Waals surface area contributed by atoms with Crippen molar-refractivity contribution in [3.63, 3.8) is 0 Å². The van der Waals surface area contributed by atoms with E-state index in [0.29, 0.717) is 5.70 Å². The molecular weight excluding hydrogens is 234 g/mol. The van der Waals surface area contributed by atoms with Crippen molar-refractivity contribution in [2.24, 2.45) is 5.73 Å². The third-order valence-electron chi connectivity index (χ3n) is 1.22. The third kappa shape index (κ3) is 2.83. The van der Waals surface area contributed by atoms with Crippen LogP contribution in [0.2, 0.25) is 0 Å². The number of hydrogen-bond donors (Lipinski definition) is 1. The lowest BCUT2D eigenvalue weighted by Crippen LogP contribution is -1.98. The Morgan fingerprint density at radius 2 is 2.31 bits per heavy atom. The molecule has 0 aliphatic rings. The van der Waals surface area contributed by atoms with Gasteiger partial charge in [0, 0.05) is 10.7 Å². The number of aromatic nitrogens is 4. The molecule has 0 aromatic carbocycles. The van der Waals surface area contributed by atoms with E-state index in [-0.39, 0.29) is 0 Å². The Kier molecular flexibility index (Phi) is 3.39. The van der Waals surface area contributed by atoms with Crippen molar-refractivity contribution in [3.05, 3.63) is 35.7 Å². The van der Waals surface area contributed by atoms with Crippen molar-refractivity contribution in [1.29, 1.82) is 0 Å². The predicted octanol–water partition coefficient (Wildman–Crippen LogP) is 0.895. The van der Waals surface area contributed by atoms with Crippen LogP contribution >= 0.6 is 15.9 Å². The molecule has 68 valence electrons. The number of rotatable bonds is 3. The second kappa shape index (κ2) is 4.56. The minimum Gasteiger partial charge on any atom is -0.403 e. The van der Waals surface area contributed by atoms with Gasteiger partial charge in [-0.25, -0.2) is 0 Å². The Morgan fingerprint density at radius 3 is 2.77 bits per heavy atom. The highest BCUT2D eigenvalue weighted by molar-refractivity contribution is 9.11. The topological polar surface area (TPSA) is 69.6 Å². The zero-order chi connectivity index (χ0) is 9.68. The summed E-state index contributed by atoms with van der Waals surface area (Å²) in [6, 6.07) is 0. The molecule has 5 nitrogen and oxygen atoms in total. The first-order chi connectivity index (χ1) is 6.24. The number of hydrogen-bond acceptors (Lipinski definition) is 4. The maximum absolute atomic E-state index is 5.38. The van der Waals surface area contributed by atoms with Crippen LogP contribution in [0.15, 0.2) is 35.7 Å². The average molecular weight is 242 g/mol. The van der Waals surface area contributed by atoms with E-state index in [0.717, 1.165) is 4.48 Å². The van der Waals surface area contributed by atoms with Gasteiger partial charge >= 0.3 is 0 Å². The van der Waals surface area contributed by atoms with Gasteiger partial charge in [-0.15, -0.1) is 5.10 Å². The van der Waals surface area contributed by atoms with Crippen LogP contribution in [-0.2, 0) is 0 Å². The third-order valence-corrected chi connectivity index (χ3v) is 1.48. The molecule has 0 atom stereocenters. The van der Waals surface area contributed by atoms with E-state index in [9.17, 15) is 0 Å². The monoisotopic (exact) mass is 241 g/mol. The van der Waals surface area contributed by atoms with Gasteiger partial charge in [-0.2, -0.15) is 4.68 Å². The number of halogens is 1. The molecule has 1 aromatic rings. The smallest absolute Gasteiger partial charge is 0.143 e. The van der Waals surface area contributed by atoms with Crippen LogP contribution in [0.3, 0.4) is 0 Å². The van der Waals surface area contributed by atoms with Crippen LogP contribution in [0.25, 0.3) is 5.70 Å². The summed E-state index contributed by atoms with van der Waals surface area (Å²) < 4.78 is 2.20. The Morgan fingerprint density at radius 1 is 1.54 bits per heavy atom. The molecule has 0 fully saturated rings. The van der Waals surface area contributed by atoms with Gasteiger partial charge in [0.2, 0.25) is 0 Å². The van der Waals surface area contributed by atoms with Gasteiger partial charge in [-0.3, -0.25) is 0 Å².